The molecule has 1 N–H and O–H groups in total. The molecule has 0 aliphatic carbocycles. The topological polar surface area (TPSA) is 12.0 Å². The molecule has 2 rings (SSSR count). The van der Waals surface area contributed by atoms with Gasteiger partial charge in [-0.1, -0.05) is 42.8 Å². The van der Waals surface area contributed by atoms with Crippen molar-refractivity contribution < 1.29 is 4.39 Å². The van der Waals surface area contributed by atoms with Crippen LogP contribution >= 0.6 is 11.6 Å². The number of nitrogens with one attached hydrogen (secondary N) is 1. The highest BCUT2D eigenvalue weighted by Crippen LogP contribution is 2.29. The summed E-state index contributed by atoms with van der Waals surface area (Å²) in [7, 11) is 0. The van der Waals surface area contributed by atoms with Gasteiger partial charge in [0.1, 0.15) is 5.82 Å². The Hall–Kier alpha value is -1.38. The SMILES string of the molecule is CCCNC(c1ccc(F)cc1)c1ccc(C)cc1Cl. The summed E-state index contributed by atoms with van der Waals surface area (Å²) < 4.78 is 13.1. The Balaban J connectivity index is 2.38. The maximum Gasteiger partial charge on any atom is 0.123 e. The van der Waals surface area contributed by atoms with Crippen LogP contribution in [0.5, 0.6) is 0 Å². The minimum Gasteiger partial charge on any atom is -0.306 e. The molecule has 3 heteroatoms. The van der Waals surface area contributed by atoms with E-state index in [2.05, 4.69) is 12.2 Å². The maximum atomic E-state index is 13.1. The Morgan fingerprint density at radius 1 is 1.15 bits per heavy atom. The molecule has 1 atom stereocenters. The van der Waals surface area contributed by atoms with Crippen LogP contribution in [0.15, 0.2) is 42.5 Å². The van der Waals surface area contributed by atoms with E-state index in [1.807, 2.05) is 25.1 Å². The third kappa shape index (κ3) is 3.59. The third-order valence-corrected chi connectivity index (χ3v) is 3.60. The standard InChI is InChI=1S/C17H19ClFN/c1-3-10-20-17(13-5-7-14(19)8-6-13)15-9-4-12(2)11-16(15)18/h4-9,11,17,20H,3,10H2,1-2H3. The molecule has 0 fully saturated rings. The molecule has 0 aromatic heterocycles. The molecule has 0 aliphatic rings. The lowest BCUT2D eigenvalue weighted by atomic mass is 9.97. The molecular weight excluding hydrogens is 273 g/mol. The lowest BCUT2D eigenvalue weighted by Gasteiger charge is -2.21. The third-order valence-electron chi connectivity index (χ3n) is 3.27. The second kappa shape index (κ2) is 6.87. The van der Waals surface area contributed by atoms with Crippen molar-refractivity contribution in [1.82, 2.24) is 5.32 Å². The molecule has 0 saturated carbocycles. The van der Waals surface area contributed by atoms with Crippen LogP contribution in [0.4, 0.5) is 4.39 Å². The van der Waals surface area contributed by atoms with Crippen LogP contribution in [0.25, 0.3) is 0 Å². The molecule has 20 heavy (non-hydrogen) atoms. The number of hydrogen-bond acceptors (Lipinski definition) is 1. The van der Waals surface area contributed by atoms with Crippen molar-refractivity contribution in [1.29, 1.82) is 0 Å². The first-order chi connectivity index (χ1) is 9.61. The Kier molecular flexibility index (Phi) is 5.16. The van der Waals surface area contributed by atoms with Gasteiger partial charge < -0.3 is 5.32 Å². The second-order valence-electron chi connectivity index (χ2n) is 4.96. The van der Waals surface area contributed by atoms with Crippen molar-refractivity contribution >= 4 is 11.6 Å². The van der Waals surface area contributed by atoms with Crippen molar-refractivity contribution in [3.05, 3.63) is 70.0 Å². The van der Waals surface area contributed by atoms with Crippen LogP contribution in [-0.4, -0.2) is 6.54 Å². The molecule has 2 aromatic rings. The highest BCUT2D eigenvalue weighted by Gasteiger charge is 2.16. The van der Waals surface area contributed by atoms with E-state index in [4.69, 9.17) is 11.6 Å². The summed E-state index contributed by atoms with van der Waals surface area (Å²) in [6.45, 7) is 5.01. The molecule has 2 aromatic carbocycles. The first kappa shape index (κ1) is 15.0. The van der Waals surface area contributed by atoms with Gasteiger partial charge >= 0.3 is 0 Å². The number of benzene rings is 2. The van der Waals surface area contributed by atoms with E-state index in [0.717, 1.165) is 34.7 Å². The lowest BCUT2D eigenvalue weighted by Crippen LogP contribution is -2.23. The summed E-state index contributed by atoms with van der Waals surface area (Å²) in [5.74, 6) is -0.224. The molecule has 106 valence electrons. The molecule has 0 heterocycles. The van der Waals surface area contributed by atoms with Crippen LogP contribution < -0.4 is 5.32 Å². The van der Waals surface area contributed by atoms with Crippen molar-refractivity contribution in [2.45, 2.75) is 26.3 Å². The van der Waals surface area contributed by atoms with Crippen LogP contribution in [0.3, 0.4) is 0 Å². The van der Waals surface area contributed by atoms with E-state index in [9.17, 15) is 4.39 Å². The van der Waals surface area contributed by atoms with Gasteiger partial charge in [0.05, 0.1) is 6.04 Å². The molecular formula is C17H19ClFN. The summed E-state index contributed by atoms with van der Waals surface area (Å²) >= 11 is 6.37. The molecule has 1 nitrogen and oxygen atoms in total. The van der Waals surface area contributed by atoms with Crippen molar-refractivity contribution in [3.63, 3.8) is 0 Å². The van der Waals surface area contributed by atoms with Gasteiger partial charge in [-0.15, -0.1) is 0 Å². The average molecular weight is 292 g/mol. The summed E-state index contributed by atoms with van der Waals surface area (Å²) in [5, 5.41) is 4.21. The number of aryl methyl sites for hydroxylation is 1. The summed E-state index contributed by atoms with van der Waals surface area (Å²) in [6, 6.07) is 12.6. The Bertz CT molecular complexity index is 566. The van der Waals surface area contributed by atoms with E-state index < -0.39 is 0 Å². The normalized spacial score (nSPS) is 12.4. The van der Waals surface area contributed by atoms with Crippen molar-refractivity contribution in [2.24, 2.45) is 0 Å². The monoisotopic (exact) mass is 291 g/mol. The van der Waals surface area contributed by atoms with Crippen LogP contribution in [-0.2, 0) is 0 Å². The van der Waals surface area contributed by atoms with E-state index in [1.165, 1.54) is 12.1 Å². The fourth-order valence-electron chi connectivity index (χ4n) is 2.22. The van der Waals surface area contributed by atoms with Gasteiger partial charge in [0.2, 0.25) is 0 Å². The predicted octanol–water partition coefficient (Wildman–Crippen LogP) is 4.88. The summed E-state index contributed by atoms with van der Waals surface area (Å²) in [5.41, 5.74) is 3.18. The van der Waals surface area contributed by atoms with Crippen molar-refractivity contribution in [3.8, 4) is 0 Å². The number of rotatable bonds is 5. The average Bonchev–Trinajstić information content (AvgIpc) is 2.42. The lowest BCUT2D eigenvalue weighted by molar-refractivity contribution is 0.593. The fraction of sp³-hybridized carbons (Fsp3) is 0.294. The smallest absolute Gasteiger partial charge is 0.123 e. The zero-order valence-corrected chi connectivity index (χ0v) is 12.5. The van der Waals surface area contributed by atoms with E-state index in [0.29, 0.717) is 0 Å². The Labute approximate surface area is 124 Å². The van der Waals surface area contributed by atoms with E-state index >= 15 is 0 Å². The molecule has 0 spiro atoms. The molecule has 0 aliphatic heterocycles. The second-order valence-corrected chi connectivity index (χ2v) is 5.37. The van der Waals surface area contributed by atoms with Gasteiger partial charge in [0, 0.05) is 5.02 Å². The van der Waals surface area contributed by atoms with Gasteiger partial charge in [-0.3, -0.25) is 0 Å². The molecule has 1 unspecified atom stereocenters. The van der Waals surface area contributed by atoms with Crippen LogP contribution in [0.2, 0.25) is 5.02 Å². The first-order valence-electron chi connectivity index (χ1n) is 6.86. The van der Waals surface area contributed by atoms with Crippen LogP contribution in [0.1, 0.15) is 36.1 Å². The van der Waals surface area contributed by atoms with E-state index in [1.54, 1.807) is 12.1 Å². The van der Waals surface area contributed by atoms with Gasteiger partial charge in [-0.05, 0) is 54.8 Å². The largest absolute Gasteiger partial charge is 0.306 e. The van der Waals surface area contributed by atoms with Gasteiger partial charge in [0.15, 0.2) is 0 Å². The van der Waals surface area contributed by atoms with Gasteiger partial charge in [-0.25, -0.2) is 4.39 Å². The molecule has 0 saturated heterocycles. The molecule has 0 radical (unpaired) electrons. The van der Waals surface area contributed by atoms with Crippen molar-refractivity contribution in [2.75, 3.05) is 6.54 Å². The summed E-state index contributed by atoms with van der Waals surface area (Å²) in [4.78, 5) is 0. The quantitative estimate of drug-likeness (QED) is 0.828. The maximum absolute atomic E-state index is 13.1. The van der Waals surface area contributed by atoms with Crippen LogP contribution in [0, 0.1) is 12.7 Å². The zero-order chi connectivity index (χ0) is 14.5. The molecule has 0 bridgehead atoms. The van der Waals surface area contributed by atoms with E-state index in [-0.39, 0.29) is 11.9 Å². The minimum absolute atomic E-state index is 0.0105. The first-order valence-corrected chi connectivity index (χ1v) is 7.24. The predicted molar refractivity (Wildman–Crippen MR) is 82.7 cm³/mol. The minimum atomic E-state index is -0.224. The Morgan fingerprint density at radius 2 is 1.85 bits per heavy atom. The van der Waals surface area contributed by atoms with Gasteiger partial charge in [0.25, 0.3) is 0 Å². The highest BCUT2D eigenvalue weighted by atomic mass is 35.5. The molecule has 0 amide bonds. The fourth-order valence-corrected chi connectivity index (χ4v) is 2.56. The summed E-state index contributed by atoms with van der Waals surface area (Å²) in [6.07, 6.45) is 1.03. The number of hydrogen-bond donors (Lipinski definition) is 1. The van der Waals surface area contributed by atoms with Gasteiger partial charge in [-0.2, -0.15) is 0 Å². The number of halogens is 2. The Morgan fingerprint density at radius 3 is 2.45 bits per heavy atom. The zero-order valence-electron chi connectivity index (χ0n) is 11.8. The highest BCUT2D eigenvalue weighted by molar-refractivity contribution is 6.31.